The molecule has 1 N–H and O–H groups in total. The van der Waals surface area contributed by atoms with Crippen molar-refractivity contribution < 1.29 is 13.2 Å². The number of amides is 1. The van der Waals surface area contributed by atoms with Crippen LogP contribution in [0.2, 0.25) is 0 Å². The van der Waals surface area contributed by atoms with Crippen molar-refractivity contribution in [3.63, 3.8) is 0 Å². The summed E-state index contributed by atoms with van der Waals surface area (Å²) >= 11 is 0. The minimum absolute atomic E-state index is 0.0846. The first-order chi connectivity index (χ1) is 11.9. The molecular weight excluding hydrogens is 340 g/mol. The molecule has 1 aromatic heterocycles. The molecule has 0 atom stereocenters. The number of fused-ring (bicyclic) bond motifs is 1. The van der Waals surface area contributed by atoms with Crippen LogP contribution in [0, 0.1) is 0 Å². The van der Waals surface area contributed by atoms with E-state index in [4.69, 9.17) is 0 Å². The second-order valence-corrected chi connectivity index (χ2v) is 8.43. The summed E-state index contributed by atoms with van der Waals surface area (Å²) in [4.78, 5) is 14.8. The molecule has 0 saturated carbocycles. The molecule has 0 bridgehead atoms. The van der Waals surface area contributed by atoms with Crippen LogP contribution in [0.3, 0.4) is 0 Å². The number of aromatic nitrogens is 1. The number of carbonyl (C=O) groups is 1. The highest BCUT2D eigenvalue weighted by Gasteiger charge is 2.24. The van der Waals surface area contributed by atoms with Crippen molar-refractivity contribution in [3.05, 3.63) is 23.5 Å². The summed E-state index contributed by atoms with van der Waals surface area (Å²) in [5.74, 6) is -0.0846. The molecule has 7 nitrogen and oxygen atoms in total. The van der Waals surface area contributed by atoms with Crippen molar-refractivity contribution in [1.82, 2.24) is 19.1 Å². The maximum absolute atomic E-state index is 12.5. The van der Waals surface area contributed by atoms with Gasteiger partial charge >= 0.3 is 0 Å². The normalized spacial score (nSPS) is 15.8. The summed E-state index contributed by atoms with van der Waals surface area (Å²) in [5, 5.41) is 2.98. The summed E-state index contributed by atoms with van der Waals surface area (Å²) in [6.45, 7) is 9.42. The number of carbonyl (C=O) groups excluding carboxylic acids is 1. The Kier molecular flexibility index (Phi) is 7.04. The van der Waals surface area contributed by atoms with Gasteiger partial charge in [0.1, 0.15) is 5.69 Å². The molecule has 25 heavy (non-hydrogen) atoms. The molecule has 0 radical (unpaired) electrons. The second kappa shape index (κ2) is 8.82. The number of nitrogens with one attached hydrogen (secondary N) is 1. The lowest BCUT2D eigenvalue weighted by atomic mass is 10.3. The molecule has 0 aromatic carbocycles. The number of hydrogen-bond donors (Lipinski definition) is 1. The zero-order chi connectivity index (χ0) is 18.4. The SMILES string of the molecule is CCN(CC)CCCNC(=O)c1ccc2n1CCCN(S(C)(=O)=O)C2. The number of sulfonamides is 1. The first-order valence-corrected chi connectivity index (χ1v) is 10.9. The van der Waals surface area contributed by atoms with E-state index in [-0.39, 0.29) is 5.91 Å². The smallest absolute Gasteiger partial charge is 0.267 e. The Balaban J connectivity index is 1.95. The minimum atomic E-state index is -3.22. The average molecular weight is 371 g/mol. The van der Waals surface area contributed by atoms with Crippen molar-refractivity contribution >= 4 is 15.9 Å². The fraction of sp³-hybridized carbons (Fsp3) is 0.706. The molecule has 1 amide bonds. The van der Waals surface area contributed by atoms with Crippen molar-refractivity contribution in [3.8, 4) is 0 Å². The second-order valence-electron chi connectivity index (χ2n) is 6.45. The Labute approximate surface area is 151 Å². The van der Waals surface area contributed by atoms with Crippen molar-refractivity contribution in [2.24, 2.45) is 0 Å². The Morgan fingerprint density at radius 1 is 1.24 bits per heavy atom. The number of rotatable bonds is 8. The van der Waals surface area contributed by atoms with Crippen LogP contribution in [0.25, 0.3) is 0 Å². The van der Waals surface area contributed by atoms with Gasteiger partial charge in [-0.15, -0.1) is 0 Å². The Bertz CT molecular complexity index is 680. The van der Waals surface area contributed by atoms with Crippen LogP contribution in [0.5, 0.6) is 0 Å². The summed E-state index contributed by atoms with van der Waals surface area (Å²) in [5.41, 5.74) is 1.49. The first-order valence-electron chi connectivity index (χ1n) is 9.00. The van der Waals surface area contributed by atoms with Gasteiger partial charge in [-0.25, -0.2) is 8.42 Å². The van der Waals surface area contributed by atoms with E-state index < -0.39 is 10.0 Å². The van der Waals surface area contributed by atoms with E-state index in [1.54, 1.807) is 6.07 Å². The van der Waals surface area contributed by atoms with Crippen molar-refractivity contribution in [1.29, 1.82) is 0 Å². The van der Waals surface area contributed by atoms with Gasteiger partial charge in [0.25, 0.3) is 5.91 Å². The molecule has 1 aromatic rings. The quantitative estimate of drug-likeness (QED) is 0.696. The van der Waals surface area contributed by atoms with E-state index in [1.807, 2.05) is 10.6 Å². The number of nitrogens with zero attached hydrogens (tertiary/aromatic N) is 3. The van der Waals surface area contributed by atoms with Crippen LogP contribution in [0.4, 0.5) is 0 Å². The van der Waals surface area contributed by atoms with Crippen LogP contribution in [0.15, 0.2) is 12.1 Å². The third-order valence-corrected chi connectivity index (χ3v) is 5.98. The molecular formula is C17H30N4O3S. The average Bonchev–Trinajstić information content (AvgIpc) is 2.83. The van der Waals surface area contributed by atoms with E-state index in [0.717, 1.165) is 31.7 Å². The maximum Gasteiger partial charge on any atom is 0.267 e. The third kappa shape index (κ3) is 5.29. The van der Waals surface area contributed by atoms with Gasteiger partial charge in [0.15, 0.2) is 0 Å². The summed E-state index contributed by atoms with van der Waals surface area (Å²) in [7, 11) is -3.22. The van der Waals surface area contributed by atoms with E-state index in [2.05, 4.69) is 24.1 Å². The van der Waals surface area contributed by atoms with Crippen molar-refractivity contribution in [2.75, 3.05) is 39.0 Å². The van der Waals surface area contributed by atoms with Gasteiger partial charge in [-0.2, -0.15) is 4.31 Å². The van der Waals surface area contributed by atoms with Gasteiger partial charge in [-0.3, -0.25) is 4.79 Å². The molecule has 142 valence electrons. The molecule has 0 aliphatic carbocycles. The molecule has 1 aliphatic heterocycles. The lowest BCUT2D eigenvalue weighted by Crippen LogP contribution is -2.31. The summed E-state index contributed by atoms with van der Waals surface area (Å²) in [6.07, 6.45) is 2.86. The third-order valence-electron chi connectivity index (χ3n) is 4.73. The van der Waals surface area contributed by atoms with Crippen LogP contribution >= 0.6 is 0 Å². The molecule has 2 heterocycles. The standard InChI is InChI=1S/C17H30N4O3S/c1-4-19(5-2)11-6-10-18-17(22)16-9-8-15-14-20(25(3,23)24)12-7-13-21(15)16/h8-9H,4-7,10-14H2,1-3H3,(H,18,22). The van der Waals surface area contributed by atoms with E-state index in [1.165, 1.54) is 10.6 Å². The minimum Gasteiger partial charge on any atom is -0.351 e. The Hall–Kier alpha value is -1.38. The first kappa shape index (κ1) is 19.9. The maximum atomic E-state index is 12.5. The highest BCUT2D eigenvalue weighted by Crippen LogP contribution is 2.18. The molecule has 2 rings (SSSR count). The summed E-state index contributed by atoms with van der Waals surface area (Å²) < 4.78 is 27.0. The topological polar surface area (TPSA) is 74.7 Å². The van der Waals surface area contributed by atoms with Gasteiger partial charge in [0.05, 0.1) is 12.8 Å². The van der Waals surface area contributed by atoms with E-state index in [9.17, 15) is 13.2 Å². The van der Waals surface area contributed by atoms with Crippen LogP contribution in [-0.2, 0) is 23.1 Å². The van der Waals surface area contributed by atoms with Crippen LogP contribution < -0.4 is 5.32 Å². The fourth-order valence-electron chi connectivity index (χ4n) is 3.19. The zero-order valence-electron chi connectivity index (χ0n) is 15.5. The highest BCUT2D eigenvalue weighted by atomic mass is 32.2. The highest BCUT2D eigenvalue weighted by molar-refractivity contribution is 7.88. The monoisotopic (exact) mass is 370 g/mol. The van der Waals surface area contributed by atoms with E-state index in [0.29, 0.717) is 38.3 Å². The lowest BCUT2D eigenvalue weighted by molar-refractivity contribution is 0.0942. The largest absolute Gasteiger partial charge is 0.351 e. The zero-order valence-corrected chi connectivity index (χ0v) is 16.3. The van der Waals surface area contributed by atoms with Gasteiger partial charge < -0.3 is 14.8 Å². The predicted molar refractivity (Wildman–Crippen MR) is 99.0 cm³/mol. The molecule has 1 aliphatic rings. The molecule has 0 unspecified atom stereocenters. The number of hydrogen-bond acceptors (Lipinski definition) is 4. The van der Waals surface area contributed by atoms with Crippen LogP contribution in [0.1, 0.15) is 42.9 Å². The van der Waals surface area contributed by atoms with Gasteiger partial charge in [-0.1, -0.05) is 13.8 Å². The van der Waals surface area contributed by atoms with E-state index >= 15 is 0 Å². The molecule has 0 saturated heterocycles. The van der Waals surface area contributed by atoms with Crippen LogP contribution in [-0.4, -0.2) is 67.1 Å². The Morgan fingerprint density at radius 2 is 1.96 bits per heavy atom. The summed E-state index contributed by atoms with van der Waals surface area (Å²) in [6, 6.07) is 3.65. The Morgan fingerprint density at radius 3 is 2.60 bits per heavy atom. The van der Waals surface area contributed by atoms with Gasteiger partial charge in [0, 0.05) is 25.3 Å². The predicted octanol–water partition coefficient (Wildman–Crippen LogP) is 1.12. The van der Waals surface area contributed by atoms with Gasteiger partial charge in [0.2, 0.25) is 10.0 Å². The lowest BCUT2D eigenvalue weighted by Gasteiger charge is -2.18. The fourth-order valence-corrected chi connectivity index (χ4v) is 4.02. The molecule has 0 spiro atoms. The van der Waals surface area contributed by atoms with Crippen molar-refractivity contribution in [2.45, 2.75) is 39.8 Å². The molecule has 8 heteroatoms. The van der Waals surface area contributed by atoms with Gasteiger partial charge in [-0.05, 0) is 44.6 Å². The molecule has 0 fully saturated rings.